The van der Waals surface area contributed by atoms with Gasteiger partial charge in [-0.1, -0.05) is 109 Å². The van der Waals surface area contributed by atoms with Gasteiger partial charge in [-0.15, -0.1) is 0 Å². The number of hydrogen-bond donors (Lipinski definition) is 0. The van der Waals surface area contributed by atoms with Crippen molar-refractivity contribution in [3.8, 4) is 50.5 Å². The Labute approximate surface area is 266 Å². The van der Waals surface area contributed by atoms with E-state index in [9.17, 15) is 0 Å². The predicted molar refractivity (Wildman–Crippen MR) is 190 cm³/mol. The Morgan fingerprint density at radius 1 is 0.391 bits per heavy atom. The van der Waals surface area contributed by atoms with Crippen LogP contribution >= 0.6 is 0 Å². The fourth-order valence-corrected chi connectivity index (χ4v) is 6.54. The molecule has 0 aliphatic rings. The quantitative estimate of drug-likeness (QED) is 0.200. The summed E-state index contributed by atoms with van der Waals surface area (Å²) in [5.41, 5.74) is 13.4. The maximum atomic E-state index is 5.97. The van der Waals surface area contributed by atoms with Gasteiger partial charge in [0.1, 0.15) is 5.52 Å². The van der Waals surface area contributed by atoms with Gasteiger partial charge in [0.15, 0.2) is 5.58 Å². The number of nitrogens with zero attached hydrogens (tertiary/aromatic N) is 2. The molecule has 0 amide bonds. The predicted octanol–water partition coefficient (Wildman–Crippen LogP) is 11.6. The van der Waals surface area contributed by atoms with Crippen molar-refractivity contribution in [2.45, 2.75) is 0 Å². The Kier molecular flexibility index (Phi) is 6.14. The summed E-state index contributed by atoms with van der Waals surface area (Å²) in [5, 5.41) is 2.49. The summed E-state index contributed by atoms with van der Waals surface area (Å²) >= 11 is 0. The Morgan fingerprint density at radius 2 is 0.957 bits per heavy atom. The number of fused-ring (bicyclic) bond motifs is 4. The van der Waals surface area contributed by atoms with E-state index in [2.05, 4.69) is 155 Å². The van der Waals surface area contributed by atoms with Crippen molar-refractivity contribution in [3.63, 3.8) is 0 Å². The topological polar surface area (TPSA) is 31.0 Å². The number of oxazole rings is 1. The lowest BCUT2D eigenvalue weighted by molar-refractivity contribution is 0.620. The zero-order chi connectivity index (χ0) is 30.5. The van der Waals surface area contributed by atoms with Crippen LogP contribution in [0, 0.1) is 0 Å². The highest BCUT2D eigenvalue weighted by Gasteiger charge is 2.14. The van der Waals surface area contributed by atoms with Gasteiger partial charge in [0, 0.05) is 22.0 Å². The van der Waals surface area contributed by atoms with Gasteiger partial charge in [-0.05, 0) is 94.0 Å². The molecule has 46 heavy (non-hydrogen) atoms. The van der Waals surface area contributed by atoms with Crippen molar-refractivity contribution in [3.05, 3.63) is 170 Å². The SMILES string of the molecule is c1ccc(-c2cccc(-c3ccc4c(c3)c3ccccc3n4-c3ccc(-c4ccc(-c5nc6ccccc6o5)cc4)cc3)c2)cc1. The maximum absolute atomic E-state index is 5.97. The number of aromatic nitrogens is 2. The molecule has 0 bridgehead atoms. The van der Waals surface area contributed by atoms with E-state index in [1.807, 2.05) is 24.3 Å². The van der Waals surface area contributed by atoms with Crippen molar-refractivity contribution in [2.75, 3.05) is 0 Å². The fraction of sp³-hybridized carbons (Fsp3) is 0. The number of benzene rings is 7. The second kappa shape index (κ2) is 10.8. The van der Waals surface area contributed by atoms with Gasteiger partial charge in [0.25, 0.3) is 0 Å². The van der Waals surface area contributed by atoms with Crippen LogP contribution in [0.4, 0.5) is 0 Å². The van der Waals surface area contributed by atoms with Gasteiger partial charge in [0.2, 0.25) is 5.89 Å². The Morgan fingerprint density at radius 3 is 1.76 bits per heavy atom. The van der Waals surface area contributed by atoms with Crippen LogP contribution in [0.15, 0.2) is 174 Å². The van der Waals surface area contributed by atoms with E-state index in [4.69, 9.17) is 4.42 Å². The van der Waals surface area contributed by atoms with Crippen molar-refractivity contribution >= 4 is 32.9 Å². The molecule has 216 valence electrons. The molecule has 0 saturated carbocycles. The largest absolute Gasteiger partial charge is 0.436 e. The molecule has 0 aliphatic carbocycles. The monoisotopic (exact) mass is 588 g/mol. The molecular formula is C43H28N2O. The number of para-hydroxylation sites is 3. The zero-order valence-corrected chi connectivity index (χ0v) is 25.0. The van der Waals surface area contributed by atoms with Crippen molar-refractivity contribution in [1.29, 1.82) is 0 Å². The highest BCUT2D eigenvalue weighted by Crippen LogP contribution is 2.36. The molecule has 0 atom stereocenters. The molecule has 3 heteroatoms. The molecule has 9 rings (SSSR count). The van der Waals surface area contributed by atoms with Gasteiger partial charge in [-0.3, -0.25) is 0 Å². The molecular weight excluding hydrogens is 560 g/mol. The zero-order valence-electron chi connectivity index (χ0n) is 25.0. The lowest BCUT2D eigenvalue weighted by atomic mass is 9.98. The van der Waals surface area contributed by atoms with Crippen molar-refractivity contribution in [1.82, 2.24) is 9.55 Å². The van der Waals surface area contributed by atoms with Crippen LogP contribution in [0.2, 0.25) is 0 Å². The van der Waals surface area contributed by atoms with Crippen LogP contribution in [0.25, 0.3) is 83.4 Å². The minimum atomic E-state index is 0.640. The van der Waals surface area contributed by atoms with Gasteiger partial charge in [-0.2, -0.15) is 0 Å². The van der Waals surface area contributed by atoms with Crippen molar-refractivity contribution in [2.24, 2.45) is 0 Å². The van der Waals surface area contributed by atoms with Gasteiger partial charge >= 0.3 is 0 Å². The lowest BCUT2D eigenvalue weighted by Gasteiger charge is -2.10. The summed E-state index contributed by atoms with van der Waals surface area (Å²) in [5.74, 6) is 0.640. The first-order chi connectivity index (χ1) is 22.8. The molecule has 7 aromatic carbocycles. The molecule has 9 aromatic rings. The third-order valence-electron chi connectivity index (χ3n) is 8.86. The minimum Gasteiger partial charge on any atom is -0.436 e. The third kappa shape index (κ3) is 4.49. The second-order valence-corrected chi connectivity index (χ2v) is 11.6. The summed E-state index contributed by atoms with van der Waals surface area (Å²) in [4.78, 5) is 4.64. The maximum Gasteiger partial charge on any atom is 0.227 e. The van der Waals surface area contributed by atoms with Crippen LogP contribution in [-0.2, 0) is 0 Å². The van der Waals surface area contributed by atoms with E-state index in [0.29, 0.717) is 5.89 Å². The second-order valence-electron chi connectivity index (χ2n) is 11.6. The molecule has 0 aliphatic heterocycles. The van der Waals surface area contributed by atoms with E-state index in [1.165, 1.54) is 44.1 Å². The van der Waals surface area contributed by atoms with Crippen LogP contribution in [0.1, 0.15) is 0 Å². The first kappa shape index (κ1) is 26.2. The van der Waals surface area contributed by atoms with Crippen LogP contribution in [-0.4, -0.2) is 9.55 Å². The Hall–Kier alpha value is -6.19. The van der Waals surface area contributed by atoms with E-state index in [-0.39, 0.29) is 0 Å². The minimum absolute atomic E-state index is 0.640. The smallest absolute Gasteiger partial charge is 0.227 e. The van der Waals surface area contributed by atoms with Gasteiger partial charge < -0.3 is 8.98 Å². The Balaban J connectivity index is 1.06. The molecule has 0 fully saturated rings. The van der Waals surface area contributed by atoms with Crippen LogP contribution in [0.3, 0.4) is 0 Å². The third-order valence-corrected chi connectivity index (χ3v) is 8.86. The summed E-state index contributed by atoms with van der Waals surface area (Å²) in [6, 6.07) is 60.0. The van der Waals surface area contributed by atoms with Crippen LogP contribution < -0.4 is 0 Å². The average molecular weight is 589 g/mol. The molecule has 0 unspecified atom stereocenters. The molecule has 0 saturated heterocycles. The summed E-state index contributed by atoms with van der Waals surface area (Å²) < 4.78 is 8.34. The number of rotatable bonds is 5. The summed E-state index contributed by atoms with van der Waals surface area (Å²) in [6.07, 6.45) is 0. The van der Waals surface area contributed by atoms with E-state index in [0.717, 1.165) is 33.5 Å². The number of hydrogen-bond acceptors (Lipinski definition) is 2. The molecule has 3 nitrogen and oxygen atoms in total. The summed E-state index contributed by atoms with van der Waals surface area (Å²) in [7, 11) is 0. The van der Waals surface area contributed by atoms with Crippen LogP contribution in [0.5, 0.6) is 0 Å². The molecule has 0 radical (unpaired) electrons. The first-order valence-corrected chi connectivity index (χ1v) is 15.5. The average Bonchev–Trinajstić information content (AvgIpc) is 3.72. The fourth-order valence-electron chi connectivity index (χ4n) is 6.54. The van der Waals surface area contributed by atoms with Gasteiger partial charge in [-0.25, -0.2) is 4.98 Å². The molecule has 0 N–H and O–H groups in total. The lowest BCUT2D eigenvalue weighted by Crippen LogP contribution is -1.93. The van der Waals surface area contributed by atoms with E-state index in [1.54, 1.807) is 0 Å². The van der Waals surface area contributed by atoms with E-state index < -0.39 is 0 Å². The molecule has 2 heterocycles. The molecule has 2 aromatic heterocycles. The van der Waals surface area contributed by atoms with Crippen molar-refractivity contribution < 1.29 is 4.42 Å². The standard InChI is InChI=1S/C43H28N2O/c1-2-9-29(10-3-1)33-11-8-12-34(27-33)35-23-26-41-38(28-35)37-13-4-6-15-40(37)45(41)36-24-21-31(22-25-36)30-17-19-32(20-18-30)43-44-39-14-5-7-16-42(39)46-43/h1-28H. The highest BCUT2D eigenvalue weighted by atomic mass is 16.3. The normalized spacial score (nSPS) is 11.5. The summed E-state index contributed by atoms with van der Waals surface area (Å²) in [6.45, 7) is 0. The van der Waals surface area contributed by atoms with Gasteiger partial charge in [0.05, 0.1) is 11.0 Å². The van der Waals surface area contributed by atoms with E-state index >= 15 is 0 Å². The Bertz CT molecular complexity index is 2470. The molecule has 0 spiro atoms. The highest BCUT2D eigenvalue weighted by molar-refractivity contribution is 6.10. The first-order valence-electron chi connectivity index (χ1n) is 15.5.